The molecule has 0 aromatic heterocycles. The molecule has 0 unspecified atom stereocenters. The predicted molar refractivity (Wildman–Crippen MR) is 58.6 cm³/mol. The Hall–Kier alpha value is -1.36. The molecule has 16 heavy (non-hydrogen) atoms. The SMILES string of the molecule is CS(=O)(=O)OC1=CCCc2ccc(F)cc21. The van der Waals surface area contributed by atoms with Gasteiger partial charge in [0.1, 0.15) is 11.6 Å². The lowest BCUT2D eigenvalue weighted by Gasteiger charge is -2.16. The van der Waals surface area contributed by atoms with Crippen LogP contribution in [0.3, 0.4) is 0 Å². The molecule has 0 saturated heterocycles. The minimum Gasteiger partial charge on any atom is -0.382 e. The van der Waals surface area contributed by atoms with Crippen molar-refractivity contribution in [2.24, 2.45) is 0 Å². The fourth-order valence-corrected chi connectivity index (χ4v) is 2.19. The van der Waals surface area contributed by atoms with E-state index in [-0.39, 0.29) is 5.76 Å². The van der Waals surface area contributed by atoms with Gasteiger partial charge in [0.25, 0.3) is 0 Å². The molecule has 1 aromatic rings. The van der Waals surface area contributed by atoms with Gasteiger partial charge in [-0.05, 0) is 36.6 Å². The van der Waals surface area contributed by atoms with E-state index in [1.807, 2.05) is 0 Å². The maximum atomic E-state index is 13.1. The number of aryl methyl sites for hydroxylation is 1. The summed E-state index contributed by atoms with van der Waals surface area (Å²) < 4.78 is 40.0. The van der Waals surface area contributed by atoms with Crippen LogP contribution >= 0.6 is 0 Å². The first kappa shape index (κ1) is 11.1. The molecule has 0 radical (unpaired) electrons. The summed E-state index contributed by atoms with van der Waals surface area (Å²) in [5, 5.41) is 0. The second-order valence-corrected chi connectivity index (χ2v) is 5.27. The second-order valence-electron chi connectivity index (χ2n) is 3.70. The van der Waals surface area contributed by atoms with Crippen molar-refractivity contribution in [2.45, 2.75) is 12.8 Å². The van der Waals surface area contributed by atoms with Gasteiger partial charge >= 0.3 is 10.1 Å². The molecule has 0 bridgehead atoms. The minimum absolute atomic E-state index is 0.225. The highest BCUT2D eigenvalue weighted by molar-refractivity contribution is 7.86. The Morgan fingerprint density at radius 2 is 2.12 bits per heavy atom. The lowest BCUT2D eigenvalue weighted by atomic mass is 9.96. The maximum Gasteiger partial charge on any atom is 0.306 e. The zero-order valence-corrected chi connectivity index (χ0v) is 9.55. The summed E-state index contributed by atoms with van der Waals surface area (Å²) in [5.74, 6) is -0.174. The molecule has 0 amide bonds. The summed E-state index contributed by atoms with van der Waals surface area (Å²) in [6.45, 7) is 0. The fourth-order valence-electron chi connectivity index (χ4n) is 1.71. The minimum atomic E-state index is -3.57. The van der Waals surface area contributed by atoms with E-state index in [4.69, 9.17) is 4.18 Å². The van der Waals surface area contributed by atoms with Gasteiger partial charge in [0.05, 0.1) is 6.26 Å². The van der Waals surface area contributed by atoms with Crippen LogP contribution < -0.4 is 0 Å². The number of allylic oxidation sites excluding steroid dienone is 1. The smallest absolute Gasteiger partial charge is 0.306 e. The quantitative estimate of drug-likeness (QED) is 0.746. The van der Waals surface area contributed by atoms with Gasteiger partial charge < -0.3 is 4.18 Å². The summed E-state index contributed by atoms with van der Waals surface area (Å²) in [4.78, 5) is 0. The Kier molecular flexibility index (Phi) is 2.71. The van der Waals surface area contributed by atoms with Crippen LogP contribution in [0.2, 0.25) is 0 Å². The largest absolute Gasteiger partial charge is 0.382 e. The van der Waals surface area contributed by atoms with Crippen molar-refractivity contribution in [2.75, 3.05) is 6.26 Å². The van der Waals surface area contributed by atoms with Crippen LogP contribution in [0, 0.1) is 5.82 Å². The molecule has 2 rings (SSSR count). The Morgan fingerprint density at radius 1 is 1.38 bits per heavy atom. The van der Waals surface area contributed by atoms with Crippen LogP contribution in [0.25, 0.3) is 5.76 Å². The molecular formula is C11H11FO3S. The van der Waals surface area contributed by atoms with E-state index in [2.05, 4.69) is 0 Å². The van der Waals surface area contributed by atoms with Gasteiger partial charge in [0, 0.05) is 5.56 Å². The van der Waals surface area contributed by atoms with E-state index in [1.165, 1.54) is 12.1 Å². The van der Waals surface area contributed by atoms with Gasteiger partial charge in [-0.2, -0.15) is 8.42 Å². The molecule has 0 aliphatic heterocycles. The van der Waals surface area contributed by atoms with E-state index >= 15 is 0 Å². The molecule has 1 aliphatic rings. The average Bonchev–Trinajstić information content (AvgIpc) is 2.17. The van der Waals surface area contributed by atoms with Crippen LogP contribution in [0.5, 0.6) is 0 Å². The van der Waals surface area contributed by atoms with E-state index in [0.29, 0.717) is 12.0 Å². The van der Waals surface area contributed by atoms with Crippen molar-refractivity contribution in [1.82, 2.24) is 0 Å². The average molecular weight is 242 g/mol. The van der Waals surface area contributed by atoms with Crippen molar-refractivity contribution in [3.63, 3.8) is 0 Å². The first-order valence-corrected chi connectivity index (χ1v) is 6.66. The predicted octanol–water partition coefficient (Wildman–Crippen LogP) is 2.09. The molecule has 0 heterocycles. The van der Waals surface area contributed by atoms with Crippen LogP contribution in [-0.4, -0.2) is 14.7 Å². The first-order valence-electron chi connectivity index (χ1n) is 4.84. The number of hydrogen-bond donors (Lipinski definition) is 0. The van der Waals surface area contributed by atoms with Gasteiger partial charge in [-0.15, -0.1) is 0 Å². The van der Waals surface area contributed by atoms with Crippen LogP contribution in [0.15, 0.2) is 24.3 Å². The standard InChI is InChI=1S/C11H11FO3S/c1-16(13,14)15-11-4-2-3-8-5-6-9(12)7-10(8)11/h4-7H,2-3H2,1H3. The molecular weight excluding hydrogens is 231 g/mol. The number of hydrogen-bond acceptors (Lipinski definition) is 3. The summed E-state index contributed by atoms with van der Waals surface area (Å²) in [6, 6.07) is 4.32. The van der Waals surface area contributed by atoms with Gasteiger partial charge in [-0.1, -0.05) is 6.07 Å². The molecule has 0 saturated carbocycles. The summed E-state index contributed by atoms with van der Waals surface area (Å²) >= 11 is 0. The highest BCUT2D eigenvalue weighted by Crippen LogP contribution is 2.28. The zero-order chi connectivity index (χ0) is 11.8. The lowest BCUT2D eigenvalue weighted by molar-refractivity contribution is 0.466. The molecule has 86 valence electrons. The molecule has 3 nitrogen and oxygen atoms in total. The summed E-state index contributed by atoms with van der Waals surface area (Å²) in [7, 11) is -3.57. The van der Waals surface area contributed by atoms with Crippen molar-refractivity contribution < 1.29 is 17.0 Å². The van der Waals surface area contributed by atoms with Gasteiger partial charge in [0.2, 0.25) is 0 Å². The van der Waals surface area contributed by atoms with E-state index in [1.54, 1.807) is 12.1 Å². The Balaban J connectivity index is 2.43. The summed E-state index contributed by atoms with van der Waals surface area (Å²) in [6.07, 6.45) is 4.11. The summed E-state index contributed by atoms with van der Waals surface area (Å²) in [5.41, 5.74) is 1.43. The fraction of sp³-hybridized carbons (Fsp3) is 0.273. The van der Waals surface area contributed by atoms with Crippen molar-refractivity contribution in [3.05, 3.63) is 41.2 Å². The van der Waals surface area contributed by atoms with Gasteiger partial charge in [0.15, 0.2) is 0 Å². The Morgan fingerprint density at radius 3 is 2.81 bits per heavy atom. The lowest BCUT2D eigenvalue weighted by Crippen LogP contribution is -2.07. The molecule has 0 fully saturated rings. The number of benzene rings is 1. The topological polar surface area (TPSA) is 43.4 Å². The molecule has 5 heteroatoms. The zero-order valence-electron chi connectivity index (χ0n) is 8.73. The van der Waals surface area contributed by atoms with Crippen LogP contribution in [0.1, 0.15) is 17.5 Å². The molecule has 0 N–H and O–H groups in total. The highest BCUT2D eigenvalue weighted by Gasteiger charge is 2.17. The number of rotatable bonds is 2. The number of fused-ring (bicyclic) bond motifs is 1. The van der Waals surface area contributed by atoms with E-state index < -0.39 is 15.9 Å². The third-order valence-corrected chi connectivity index (χ3v) is 2.80. The van der Waals surface area contributed by atoms with E-state index in [9.17, 15) is 12.8 Å². The highest BCUT2D eigenvalue weighted by atomic mass is 32.2. The van der Waals surface area contributed by atoms with Crippen molar-refractivity contribution >= 4 is 15.9 Å². The molecule has 0 atom stereocenters. The monoisotopic (exact) mass is 242 g/mol. The van der Waals surface area contributed by atoms with E-state index in [0.717, 1.165) is 18.2 Å². The first-order chi connectivity index (χ1) is 7.46. The van der Waals surface area contributed by atoms with Crippen molar-refractivity contribution in [1.29, 1.82) is 0 Å². The van der Waals surface area contributed by atoms with Crippen LogP contribution in [-0.2, 0) is 20.7 Å². The van der Waals surface area contributed by atoms with Gasteiger partial charge in [-0.3, -0.25) is 0 Å². The Labute approximate surface area is 93.7 Å². The Bertz CT molecular complexity index is 546. The molecule has 0 spiro atoms. The number of halogens is 1. The third kappa shape index (κ3) is 2.41. The van der Waals surface area contributed by atoms with Crippen molar-refractivity contribution in [3.8, 4) is 0 Å². The van der Waals surface area contributed by atoms with Gasteiger partial charge in [-0.25, -0.2) is 4.39 Å². The third-order valence-electron chi connectivity index (χ3n) is 2.32. The second kappa shape index (κ2) is 3.90. The van der Waals surface area contributed by atoms with Crippen LogP contribution in [0.4, 0.5) is 4.39 Å². The molecule has 1 aliphatic carbocycles. The maximum absolute atomic E-state index is 13.1. The molecule has 1 aromatic carbocycles. The normalized spacial score (nSPS) is 15.2.